The molecule has 4 saturated heterocycles. The highest BCUT2D eigenvalue weighted by Crippen LogP contribution is 2.47. The molecule has 2 aromatic carbocycles. The van der Waals surface area contributed by atoms with Crippen LogP contribution >= 0.6 is 0 Å². The van der Waals surface area contributed by atoms with Crippen LogP contribution < -0.4 is 0 Å². The van der Waals surface area contributed by atoms with Gasteiger partial charge in [-0.15, -0.1) is 0 Å². The summed E-state index contributed by atoms with van der Waals surface area (Å²) >= 11 is 0. The van der Waals surface area contributed by atoms with Gasteiger partial charge < -0.3 is 5.11 Å². The van der Waals surface area contributed by atoms with E-state index in [2.05, 4.69) is 28.0 Å². The maximum absolute atomic E-state index is 11.6. The van der Waals surface area contributed by atoms with Crippen LogP contribution in [0, 0.1) is 5.92 Å². The third kappa shape index (κ3) is 3.05. The number of Topliss-reactive ketones (excluding diaryl/α,β-unsaturated/α-hetero) is 1. The first kappa shape index (κ1) is 17.9. The van der Waals surface area contributed by atoms with Crippen molar-refractivity contribution in [2.24, 2.45) is 5.92 Å². The van der Waals surface area contributed by atoms with E-state index in [0.29, 0.717) is 23.8 Å². The molecule has 0 amide bonds. The van der Waals surface area contributed by atoms with Crippen molar-refractivity contribution in [2.75, 3.05) is 19.6 Å². The fourth-order valence-corrected chi connectivity index (χ4v) is 5.85. The molecule has 4 aliphatic rings. The summed E-state index contributed by atoms with van der Waals surface area (Å²) in [6.07, 6.45) is 2.60. The molecule has 4 nitrogen and oxygen atoms in total. The number of benzene rings is 2. The molecule has 0 aromatic heterocycles. The number of phenols is 1. The Bertz CT molecular complexity index is 870. The molecule has 0 radical (unpaired) electrons. The summed E-state index contributed by atoms with van der Waals surface area (Å²) in [5, 5.41) is 10.0. The van der Waals surface area contributed by atoms with Crippen molar-refractivity contribution in [1.29, 1.82) is 0 Å². The molecule has 4 fully saturated rings. The maximum atomic E-state index is 11.6. The molecule has 146 valence electrons. The number of likely N-dealkylation sites (tertiary alicyclic amines) is 1. The number of ketones is 1. The molecule has 28 heavy (non-hydrogen) atoms. The molecule has 6 rings (SSSR count). The van der Waals surface area contributed by atoms with Crippen molar-refractivity contribution in [3.63, 3.8) is 0 Å². The number of rotatable bonds is 4. The lowest BCUT2D eigenvalue weighted by molar-refractivity contribution is -0.00869. The van der Waals surface area contributed by atoms with Crippen LogP contribution in [-0.2, 0) is 6.54 Å². The van der Waals surface area contributed by atoms with Crippen molar-refractivity contribution in [3.05, 3.63) is 65.2 Å². The van der Waals surface area contributed by atoms with E-state index in [-0.39, 0.29) is 5.78 Å². The lowest BCUT2D eigenvalue weighted by Gasteiger charge is -2.51. The van der Waals surface area contributed by atoms with Gasteiger partial charge in [0, 0.05) is 36.7 Å². The predicted molar refractivity (Wildman–Crippen MR) is 110 cm³/mol. The standard InChI is InChI=1S/C24H28N2O2/c1-16(27)18-7-5-17(6-8-18)14-26-15-22(20-3-2-4-21(28)13-20)24-23(26)19-9-11-25(24)12-10-19/h2-8,13,19,22-24,28H,9-12,14-15H2,1H3/t22-,23+,24+/m0/s1. The van der Waals surface area contributed by atoms with Crippen LogP contribution in [0.25, 0.3) is 0 Å². The van der Waals surface area contributed by atoms with Crippen molar-refractivity contribution < 1.29 is 9.90 Å². The lowest BCUT2D eigenvalue weighted by Crippen LogP contribution is -2.59. The number of nitrogens with zero attached hydrogens (tertiary/aromatic N) is 2. The van der Waals surface area contributed by atoms with Gasteiger partial charge in [-0.3, -0.25) is 14.6 Å². The number of hydrogen-bond donors (Lipinski definition) is 1. The number of aromatic hydroxyl groups is 1. The molecule has 3 atom stereocenters. The SMILES string of the molecule is CC(=O)c1ccc(CN2C[C@@H](c3cccc(O)c3)[C@@H]3[C@H]2C2CCN3CC2)cc1. The van der Waals surface area contributed by atoms with E-state index in [1.165, 1.54) is 37.1 Å². The lowest BCUT2D eigenvalue weighted by atomic mass is 9.75. The first-order valence-corrected chi connectivity index (χ1v) is 10.5. The first-order valence-electron chi connectivity index (χ1n) is 10.5. The monoisotopic (exact) mass is 376 g/mol. The van der Waals surface area contributed by atoms with Gasteiger partial charge in [0.25, 0.3) is 0 Å². The van der Waals surface area contributed by atoms with Gasteiger partial charge in [0.05, 0.1) is 0 Å². The van der Waals surface area contributed by atoms with Crippen molar-refractivity contribution in [3.8, 4) is 5.75 Å². The van der Waals surface area contributed by atoms with Crippen LogP contribution in [0.4, 0.5) is 0 Å². The highest BCUT2D eigenvalue weighted by atomic mass is 16.3. The van der Waals surface area contributed by atoms with Crippen LogP contribution in [0.2, 0.25) is 0 Å². The molecule has 4 heterocycles. The average Bonchev–Trinajstić information content (AvgIpc) is 3.11. The van der Waals surface area contributed by atoms with Crippen molar-refractivity contribution in [2.45, 2.75) is 44.3 Å². The van der Waals surface area contributed by atoms with Gasteiger partial charge >= 0.3 is 0 Å². The molecule has 1 N–H and O–H groups in total. The molecule has 0 spiro atoms. The Morgan fingerprint density at radius 3 is 2.50 bits per heavy atom. The minimum atomic E-state index is 0.120. The maximum Gasteiger partial charge on any atom is 0.159 e. The van der Waals surface area contributed by atoms with Gasteiger partial charge in [-0.25, -0.2) is 0 Å². The summed E-state index contributed by atoms with van der Waals surface area (Å²) in [6.45, 7) is 6.00. The zero-order valence-electron chi connectivity index (χ0n) is 16.4. The second-order valence-corrected chi connectivity index (χ2v) is 8.74. The predicted octanol–water partition coefficient (Wildman–Crippen LogP) is 3.66. The van der Waals surface area contributed by atoms with E-state index < -0.39 is 0 Å². The van der Waals surface area contributed by atoms with Crippen LogP contribution in [0.3, 0.4) is 0 Å². The Morgan fingerprint density at radius 2 is 1.82 bits per heavy atom. The third-order valence-corrected chi connectivity index (χ3v) is 7.14. The Balaban J connectivity index is 1.44. The summed E-state index contributed by atoms with van der Waals surface area (Å²) in [5.74, 6) is 1.70. The van der Waals surface area contributed by atoms with Gasteiger partial charge in [-0.2, -0.15) is 0 Å². The Labute approximate surface area is 166 Å². The smallest absolute Gasteiger partial charge is 0.159 e. The summed E-state index contributed by atoms with van der Waals surface area (Å²) < 4.78 is 0. The van der Waals surface area contributed by atoms with Gasteiger partial charge in [0.15, 0.2) is 5.78 Å². The van der Waals surface area contributed by atoms with Crippen LogP contribution in [0.5, 0.6) is 5.75 Å². The topological polar surface area (TPSA) is 43.8 Å². The van der Waals surface area contributed by atoms with E-state index in [0.717, 1.165) is 24.6 Å². The molecular weight excluding hydrogens is 348 g/mol. The molecule has 4 heteroatoms. The average molecular weight is 377 g/mol. The molecule has 2 bridgehead atoms. The number of fused-ring (bicyclic) bond motifs is 2. The van der Waals surface area contributed by atoms with Crippen LogP contribution in [-0.4, -0.2) is 52.4 Å². The number of hydrogen-bond acceptors (Lipinski definition) is 4. The number of carbonyl (C=O) groups is 1. The van der Waals surface area contributed by atoms with Crippen molar-refractivity contribution in [1.82, 2.24) is 9.80 Å². The molecule has 0 unspecified atom stereocenters. The second-order valence-electron chi connectivity index (χ2n) is 8.74. The largest absolute Gasteiger partial charge is 0.508 e. The molecule has 4 aliphatic heterocycles. The summed E-state index contributed by atoms with van der Waals surface area (Å²) in [4.78, 5) is 16.9. The number of carbonyl (C=O) groups excluding carboxylic acids is 1. The van der Waals surface area contributed by atoms with Gasteiger partial charge in [0.1, 0.15) is 5.75 Å². The van der Waals surface area contributed by atoms with Crippen LogP contribution in [0.1, 0.15) is 47.2 Å². The minimum absolute atomic E-state index is 0.120. The zero-order valence-corrected chi connectivity index (χ0v) is 16.4. The fourth-order valence-electron chi connectivity index (χ4n) is 5.85. The fraction of sp³-hybridized carbons (Fsp3) is 0.458. The van der Waals surface area contributed by atoms with E-state index in [4.69, 9.17) is 0 Å². The number of phenolic OH excluding ortho intramolecular Hbond substituents is 1. The molecule has 0 saturated carbocycles. The Hall–Kier alpha value is -2.17. The highest BCUT2D eigenvalue weighted by molar-refractivity contribution is 5.94. The minimum Gasteiger partial charge on any atom is -0.508 e. The molecule has 0 aliphatic carbocycles. The Morgan fingerprint density at radius 1 is 1.07 bits per heavy atom. The summed E-state index contributed by atoms with van der Waals surface area (Å²) in [6, 6.07) is 17.1. The Kier molecular flexibility index (Phi) is 4.48. The quantitative estimate of drug-likeness (QED) is 0.827. The molecule has 2 aromatic rings. The van der Waals surface area contributed by atoms with E-state index in [1.807, 2.05) is 24.3 Å². The summed E-state index contributed by atoms with van der Waals surface area (Å²) in [5.41, 5.74) is 3.32. The van der Waals surface area contributed by atoms with E-state index in [9.17, 15) is 9.90 Å². The molecular formula is C24H28N2O2. The first-order chi connectivity index (χ1) is 13.6. The van der Waals surface area contributed by atoms with Crippen molar-refractivity contribution >= 4 is 5.78 Å². The normalized spacial score (nSPS) is 31.7. The van der Waals surface area contributed by atoms with Gasteiger partial charge in [-0.1, -0.05) is 36.4 Å². The van der Waals surface area contributed by atoms with Crippen LogP contribution in [0.15, 0.2) is 48.5 Å². The van der Waals surface area contributed by atoms with E-state index in [1.54, 1.807) is 13.0 Å². The zero-order chi connectivity index (χ0) is 19.3. The van der Waals surface area contributed by atoms with Gasteiger partial charge in [0.2, 0.25) is 0 Å². The third-order valence-electron chi connectivity index (χ3n) is 7.14. The highest BCUT2D eigenvalue weighted by Gasteiger charge is 2.53. The summed E-state index contributed by atoms with van der Waals surface area (Å²) in [7, 11) is 0. The number of piperidine rings is 3. The second kappa shape index (κ2) is 7.02. The van der Waals surface area contributed by atoms with E-state index >= 15 is 0 Å². The van der Waals surface area contributed by atoms with Gasteiger partial charge in [-0.05, 0) is 62.0 Å².